The summed E-state index contributed by atoms with van der Waals surface area (Å²) in [4.78, 5) is 19.7. The standard InChI is InChI=1S/C18H30N10O5S/c1-18(2,3)21-10-14(33-17(29)32-11-13(8-22-26-19)9-23-27-20)12-31-16-15(24-34-25-16)28-4-6-30-7-5-28/h13-14,21H,4-12H2,1-3H3/t14-/m0/s1. The van der Waals surface area contributed by atoms with Gasteiger partial charge in [-0.1, -0.05) is 10.2 Å². The third-order valence-electron chi connectivity index (χ3n) is 4.52. The Morgan fingerprint density at radius 3 is 2.50 bits per heavy atom. The van der Waals surface area contributed by atoms with Crippen molar-refractivity contribution in [3.8, 4) is 5.88 Å². The average molecular weight is 499 g/mol. The number of carbonyl (C=O) groups is 1. The summed E-state index contributed by atoms with van der Waals surface area (Å²) in [6.45, 7) is 8.78. The molecular formula is C18H30N10O5S. The Morgan fingerprint density at radius 2 is 1.88 bits per heavy atom. The highest BCUT2D eigenvalue weighted by molar-refractivity contribution is 6.99. The smallest absolute Gasteiger partial charge is 0.470 e. The molecule has 0 radical (unpaired) electrons. The monoisotopic (exact) mass is 498 g/mol. The third-order valence-corrected chi connectivity index (χ3v) is 5.03. The van der Waals surface area contributed by atoms with Gasteiger partial charge in [0.15, 0.2) is 6.10 Å². The molecule has 1 saturated heterocycles. The molecule has 0 amide bonds. The van der Waals surface area contributed by atoms with Crippen molar-refractivity contribution in [2.75, 3.05) is 64.1 Å². The molecule has 0 aliphatic carbocycles. The summed E-state index contributed by atoms with van der Waals surface area (Å²) in [5.41, 5.74) is 16.8. The molecule has 0 saturated carbocycles. The molecule has 1 aliphatic rings. The van der Waals surface area contributed by atoms with E-state index in [4.69, 9.17) is 30.0 Å². The Hall–Kier alpha value is -3.03. The minimum atomic E-state index is -0.916. The molecule has 188 valence electrons. The van der Waals surface area contributed by atoms with Crippen LogP contribution in [0.15, 0.2) is 10.2 Å². The number of ether oxygens (including phenoxy) is 4. The molecule has 2 heterocycles. The van der Waals surface area contributed by atoms with E-state index in [1.54, 1.807) is 0 Å². The fourth-order valence-corrected chi connectivity index (χ4v) is 3.30. The van der Waals surface area contributed by atoms with Gasteiger partial charge in [-0.25, -0.2) is 4.79 Å². The molecule has 1 atom stereocenters. The van der Waals surface area contributed by atoms with Crippen LogP contribution in [0.2, 0.25) is 0 Å². The van der Waals surface area contributed by atoms with Crippen LogP contribution in [0.3, 0.4) is 0 Å². The number of azide groups is 2. The summed E-state index contributed by atoms with van der Waals surface area (Å²) < 4.78 is 30.4. The van der Waals surface area contributed by atoms with Gasteiger partial charge in [0.25, 0.3) is 5.88 Å². The Balaban J connectivity index is 1.95. The Kier molecular flexibility index (Phi) is 11.4. The van der Waals surface area contributed by atoms with E-state index in [-0.39, 0.29) is 31.8 Å². The highest BCUT2D eigenvalue weighted by Crippen LogP contribution is 2.26. The number of hydrogen-bond acceptors (Lipinski definition) is 12. The first-order valence-electron chi connectivity index (χ1n) is 10.7. The lowest BCUT2D eigenvalue weighted by Crippen LogP contribution is -2.44. The molecule has 0 spiro atoms. The number of carbonyl (C=O) groups excluding carboxylic acids is 1. The van der Waals surface area contributed by atoms with Crippen molar-refractivity contribution in [3.05, 3.63) is 20.9 Å². The van der Waals surface area contributed by atoms with Crippen molar-refractivity contribution in [2.24, 2.45) is 16.1 Å². The van der Waals surface area contributed by atoms with E-state index >= 15 is 0 Å². The highest BCUT2D eigenvalue weighted by atomic mass is 32.1. The fraction of sp³-hybridized carbons (Fsp3) is 0.833. The van der Waals surface area contributed by atoms with Gasteiger partial charge in [-0.15, -0.1) is 4.37 Å². The second-order valence-corrected chi connectivity index (χ2v) is 8.96. The minimum absolute atomic E-state index is 0.0159. The van der Waals surface area contributed by atoms with Gasteiger partial charge in [0.2, 0.25) is 5.82 Å². The number of nitrogens with zero attached hydrogens (tertiary/aromatic N) is 9. The molecule has 0 aromatic carbocycles. The van der Waals surface area contributed by atoms with Gasteiger partial charge in [0.1, 0.15) is 6.61 Å². The molecule has 1 aliphatic heterocycles. The van der Waals surface area contributed by atoms with E-state index in [1.165, 1.54) is 0 Å². The van der Waals surface area contributed by atoms with E-state index in [9.17, 15) is 4.79 Å². The van der Waals surface area contributed by atoms with Crippen LogP contribution in [0.4, 0.5) is 10.6 Å². The van der Waals surface area contributed by atoms with Crippen LogP contribution < -0.4 is 15.0 Å². The second-order valence-electron chi connectivity index (χ2n) is 8.43. The number of anilines is 1. The van der Waals surface area contributed by atoms with Gasteiger partial charge in [-0.05, 0) is 31.8 Å². The first-order chi connectivity index (χ1) is 16.3. The van der Waals surface area contributed by atoms with Gasteiger partial charge in [0, 0.05) is 54.0 Å². The largest absolute Gasteiger partial charge is 0.508 e. The summed E-state index contributed by atoms with van der Waals surface area (Å²) >= 11 is 1.04. The second kappa shape index (κ2) is 14.3. The molecule has 1 aromatic rings. The summed E-state index contributed by atoms with van der Waals surface area (Å²) in [5.74, 6) is 0.546. The summed E-state index contributed by atoms with van der Waals surface area (Å²) in [7, 11) is 0. The Morgan fingerprint density at radius 1 is 1.21 bits per heavy atom. The molecular weight excluding hydrogens is 468 g/mol. The zero-order chi connectivity index (χ0) is 24.8. The van der Waals surface area contributed by atoms with Crippen molar-refractivity contribution in [3.63, 3.8) is 0 Å². The van der Waals surface area contributed by atoms with Gasteiger partial charge in [-0.2, -0.15) is 4.37 Å². The van der Waals surface area contributed by atoms with Crippen molar-refractivity contribution >= 4 is 23.7 Å². The topological polar surface area (TPSA) is 193 Å². The van der Waals surface area contributed by atoms with Crippen molar-refractivity contribution in [1.82, 2.24) is 14.1 Å². The van der Waals surface area contributed by atoms with Crippen LogP contribution in [0.25, 0.3) is 20.9 Å². The normalized spacial score (nSPS) is 15.4. The van der Waals surface area contributed by atoms with Gasteiger partial charge in [0.05, 0.1) is 31.5 Å². The fourth-order valence-electron chi connectivity index (χ4n) is 2.78. The maximum Gasteiger partial charge on any atom is 0.508 e. The predicted molar refractivity (Wildman–Crippen MR) is 124 cm³/mol. The van der Waals surface area contributed by atoms with Gasteiger partial charge < -0.3 is 29.2 Å². The molecule has 1 N–H and O–H groups in total. The SMILES string of the molecule is CC(C)(C)NC[C@@H](COc1nsnc1N1CCOCC1)OC(=O)OCC(CN=[N+]=[N-])CN=[N+]=[N-]. The van der Waals surface area contributed by atoms with E-state index in [2.05, 4.69) is 34.1 Å². The van der Waals surface area contributed by atoms with Crippen LogP contribution in [0.1, 0.15) is 20.8 Å². The summed E-state index contributed by atoms with van der Waals surface area (Å²) in [6.07, 6.45) is -1.60. The quantitative estimate of drug-likeness (QED) is 0.184. The number of aromatic nitrogens is 2. The maximum atomic E-state index is 12.3. The molecule has 1 fully saturated rings. The van der Waals surface area contributed by atoms with E-state index in [0.29, 0.717) is 44.5 Å². The van der Waals surface area contributed by atoms with E-state index < -0.39 is 18.2 Å². The molecule has 15 nitrogen and oxygen atoms in total. The van der Waals surface area contributed by atoms with Crippen LogP contribution in [-0.4, -0.2) is 85.7 Å². The number of hydrogen-bond donors (Lipinski definition) is 1. The first kappa shape index (κ1) is 27.2. The molecule has 16 heteroatoms. The molecule has 0 bridgehead atoms. The number of nitrogens with one attached hydrogen (secondary N) is 1. The first-order valence-corrected chi connectivity index (χ1v) is 11.4. The lowest BCUT2D eigenvalue weighted by atomic mass is 10.1. The van der Waals surface area contributed by atoms with Crippen molar-refractivity contribution in [1.29, 1.82) is 0 Å². The van der Waals surface area contributed by atoms with Gasteiger partial charge >= 0.3 is 6.16 Å². The zero-order valence-electron chi connectivity index (χ0n) is 19.5. The zero-order valence-corrected chi connectivity index (χ0v) is 20.3. The van der Waals surface area contributed by atoms with E-state index in [0.717, 1.165) is 11.7 Å². The van der Waals surface area contributed by atoms with Crippen LogP contribution in [0, 0.1) is 5.92 Å². The maximum absolute atomic E-state index is 12.3. The van der Waals surface area contributed by atoms with E-state index in [1.807, 2.05) is 25.7 Å². The van der Waals surface area contributed by atoms with Crippen LogP contribution in [-0.2, 0) is 14.2 Å². The lowest BCUT2D eigenvalue weighted by Gasteiger charge is -2.27. The van der Waals surface area contributed by atoms with Crippen LogP contribution in [0.5, 0.6) is 5.88 Å². The lowest BCUT2D eigenvalue weighted by molar-refractivity contribution is -0.000215. The average Bonchev–Trinajstić information content (AvgIpc) is 3.29. The molecule has 2 rings (SSSR count). The number of morpholine rings is 1. The summed E-state index contributed by atoms with van der Waals surface area (Å²) in [6, 6.07) is 0. The predicted octanol–water partition coefficient (Wildman–Crippen LogP) is 2.90. The highest BCUT2D eigenvalue weighted by Gasteiger charge is 2.24. The van der Waals surface area contributed by atoms with Crippen molar-refractivity contribution in [2.45, 2.75) is 32.4 Å². The molecule has 0 unspecified atom stereocenters. The molecule has 34 heavy (non-hydrogen) atoms. The molecule has 1 aromatic heterocycles. The van der Waals surface area contributed by atoms with Crippen LogP contribution >= 0.6 is 11.7 Å². The Labute approximate surface area is 201 Å². The summed E-state index contributed by atoms with van der Waals surface area (Å²) in [5, 5.41) is 10.1. The third kappa shape index (κ3) is 10.3. The van der Waals surface area contributed by atoms with Crippen molar-refractivity contribution < 1.29 is 23.7 Å². The number of rotatable bonds is 13. The Bertz CT molecular complexity index is 840. The minimum Gasteiger partial charge on any atom is -0.470 e. The van der Waals surface area contributed by atoms with Gasteiger partial charge in [-0.3, -0.25) is 0 Å².